The van der Waals surface area contributed by atoms with Crippen molar-refractivity contribution in [3.05, 3.63) is 59.9 Å². The Balaban J connectivity index is 1.83. The number of anilines is 2. The molecule has 0 saturated carbocycles. The number of hydrogen-bond donors (Lipinski definition) is 3. The first-order valence-corrected chi connectivity index (χ1v) is 8.26. The van der Waals surface area contributed by atoms with Gasteiger partial charge in [-0.2, -0.15) is 5.10 Å². The normalized spacial score (nSPS) is 10.4. The molecule has 3 N–H and O–H groups in total. The van der Waals surface area contributed by atoms with Crippen molar-refractivity contribution < 1.29 is 9.59 Å². The van der Waals surface area contributed by atoms with Gasteiger partial charge in [0.05, 0.1) is 5.69 Å². The third kappa shape index (κ3) is 3.94. The predicted octanol–water partition coefficient (Wildman–Crippen LogP) is 3.38. The third-order valence-electron chi connectivity index (χ3n) is 3.74. The number of nitrogens with zero attached hydrogens (tertiary/aromatic N) is 2. The second-order valence-electron chi connectivity index (χ2n) is 5.73. The van der Waals surface area contributed by atoms with Crippen LogP contribution in [0.1, 0.15) is 29.5 Å². The van der Waals surface area contributed by atoms with Gasteiger partial charge in [0.25, 0.3) is 5.91 Å². The van der Waals surface area contributed by atoms with Gasteiger partial charge >= 0.3 is 0 Å². The van der Waals surface area contributed by atoms with E-state index in [1.807, 2.05) is 25.1 Å². The molecule has 26 heavy (non-hydrogen) atoms. The summed E-state index contributed by atoms with van der Waals surface area (Å²) in [5.74, 6) is 0.827. The molecule has 132 valence electrons. The molecule has 0 bridgehead atoms. The van der Waals surface area contributed by atoms with E-state index >= 15 is 0 Å². The standard InChI is InChI=1S/C19H19N5O2/c1-3-17(25)21-14-8-6-7-13(11-14)19(26)22-16-10-5-4-9-15(16)18-20-12(2)23-24-18/h4-11H,3H2,1-2H3,(H,21,25)(H,22,26)(H,20,23,24). The van der Waals surface area contributed by atoms with Crippen molar-refractivity contribution in [3.63, 3.8) is 0 Å². The van der Waals surface area contributed by atoms with Crippen LogP contribution >= 0.6 is 0 Å². The zero-order valence-corrected chi connectivity index (χ0v) is 14.5. The molecule has 0 saturated heterocycles. The van der Waals surface area contributed by atoms with Gasteiger partial charge in [-0.15, -0.1) is 0 Å². The fourth-order valence-electron chi connectivity index (χ4n) is 2.43. The average Bonchev–Trinajstić information content (AvgIpc) is 3.08. The second-order valence-corrected chi connectivity index (χ2v) is 5.73. The molecule has 3 aromatic rings. The Morgan fingerprint density at radius 1 is 1.08 bits per heavy atom. The lowest BCUT2D eigenvalue weighted by Crippen LogP contribution is -2.14. The van der Waals surface area contributed by atoms with Crippen LogP contribution in [0.2, 0.25) is 0 Å². The molecular formula is C19H19N5O2. The summed E-state index contributed by atoms with van der Waals surface area (Å²) in [6.07, 6.45) is 0.375. The molecule has 0 unspecified atom stereocenters. The first-order valence-electron chi connectivity index (χ1n) is 8.26. The summed E-state index contributed by atoms with van der Waals surface area (Å²) in [5, 5.41) is 12.6. The molecule has 0 fully saturated rings. The van der Waals surface area contributed by atoms with Crippen molar-refractivity contribution in [2.24, 2.45) is 0 Å². The molecule has 0 aliphatic heterocycles. The Morgan fingerprint density at radius 2 is 1.88 bits per heavy atom. The van der Waals surface area contributed by atoms with E-state index in [4.69, 9.17) is 0 Å². The lowest BCUT2D eigenvalue weighted by atomic mass is 10.1. The van der Waals surface area contributed by atoms with Crippen LogP contribution in [0.4, 0.5) is 11.4 Å². The quantitative estimate of drug-likeness (QED) is 0.657. The molecule has 1 heterocycles. The van der Waals surface area contributed by atoms with Gasteiger partial charge < -0.3 is 10.6 Å². The number of H-pyrrole nitrogens is 1. The van der Waals surface area contributed by atoms with Crippen LogP contribution in [0.15, 0.2) is 48.5 Å². The Hall–Kier alpha value is -3.48. The van der Waals surface area contributed by atoms with E-state index in [1.165, 1.54) is 0 Å². The number of nitrogens with one attached hydrogen (secondary N) is 3. The number of rotatable bonds is 5. The maximum absolute atomic E-state index is 12.6. The number of aromatic nitrogens is 3. The largest absolute Gasteiger partial charge is 0.326 e. The fourth-order valence-corrected chi connectivity index (χ4v) is 2.43. The van der Waals surface area contributed by atoms with Gasteiger partial charge in [0.2, 0.25) is 5.91 Å². The van der Waals surface area contributed by atoms with Crippen LogP contribution < -0.4 is 10.6 Å². The summed E-state index contributed by atoms with van der Waals surface area (Å²) in [5.41, 5.74) is 2.36. The number of para-hydroxylation sites is 1. The maximum atomic E-state index is 12.6. The Labute approximate surface area is 150 Å². The number of benzene rings is 2. The van der Waals surface area contributed by atoms with Gasteiger partial charge in [0, 0.05) is 23.2 Å². The first-order chi connectivity index (χ1) is 12.6. The molecule has 2 amide bonds. The zero-order chi connectivity index (χ0) is 18.5. The molecule has 0 aliphatic rings. The molecule has 0 aliphatic carbocycles. The van der Waals surface area contributed by atoms with Crippen LogP contribution in [-0.4, -0.2) is 27.0 Å². The number of aryl methyl sites for hydroxylation is 1. The molecule has 0 radical (unpaired) electrons. The van der Waals surface area contributed by atoms with Crippen LogP contribution in [0.5, 0.6) is 0 Å². The Kier molecular flexibility index (Phi) is 5.07. The van der Waals surface area contributed by atoms with E-state index in [1.54, 1.807) is 37.3 Å². The van der Waals surface area contributed by atoms with Crippen molar-refractivity contribution >= 4 is 23.2 Å². The summed E-state index contributed by atoms with van der Waals surface area (Å²) in [7, 11) is 0. The van der Waals surface area contributed by atoms with E-state index in [-0.39, 0.29) is 11.8 Å². The Morgan fingerprint density at radius 3 is 2.62 bits per heavy atom. The lowest BCUT2D eigenvalue weighted by molar-refractivity contribution is -0.115. The molecule has 1 aromatic heterocycles. The average molecular weight is 349 g/mol. The highest BCUT2D eigenvalue weighted by molar-refractivity contribution is 6.07. The fraction of sp³-hybridized carbons (Fsp3) is 0.158. The van der Waals surface area contributed by atoms with Crippen LogP contribution in [-0.2, 0) is 4.79 Å². The number of carbonyl (C=O) groups is 2. The topological polar surface area (TPSA) is 99.8 Å². The molecule has 0 spiro atoms. The Bertz CT molecular complexity index is 948. The van der Waals surface area contributed by atoms with Gasteiger partial charge in [-0.05, 0) is 37.3 Å². The molecular weight excluding hydrogens is 330 g/mol. The molecule has 7 nitrogen and oxygen atoms in total. The molecule has 0 atom stereocenters. The minimum absolute atomic E-state index is 0.104. The highest BCUT2D eigenvalue weighted by atomic mass is 16.2. The van der Waals surface area contributed by atoms with E-state index in [0.29, 0.717) is 35.0 Å². The zero-order valence-electron chi connectivity index (χ0n) is 14.5. The van der Waals surface area contributed by atoms with Crippen molar-refractivity contribution in [3.8, 4) is 11.4 Å². The minimum atomic E-state index is -0.280. The van der Waals surface area contributed by atoms with E-state index < -0.39 is 0 Å². The summed E-state index contributed by atoms with van der Waals surface area (Å²) in [6.45, 7) is 3.58. The minimum Gasteiger partial charge on any atom is -0.326 e. The van der Waals surface area contributed by atoms with Crippen molar-refractivity contribution in [1.29, 1.82) is 0 Å². The number of aromatic amines is 1. The van der Waals surface area contributed by atoms with Gasteiger partial charge in [-0.25, -0.2) is 4.98 Å². The van der Waals surface area contributed by atoms with E-state index in [0.717, 1.165) is 5.56 Å². The van der Waals surface area contributed by atoms with Crippen LogP contribution in [0.25, 0.3) is 11.4 Å². The SMILES string of the molecule is CCC(=O)Nc1cccc(C(=O)Nc2ccccc2-c2n[nH]c(C)n2)c1. The van der Waals surface area contributed by atoms with Gasteiger partial charge in [0.15, 0.2) is 5.82 Å². The monoisotopic (exact) mass is 349 g/mol. The third-order valence-corrected chi connectivity index (χ3v) is 3.74. The number of amides is 2. The van der Waals surface area contributed by atoms with Crippen molar-refractivity contribution in [2.75, 3.05) is 10.6 Å². The summed E-state index contributed by atoms with van der Waals surface area (Å²) in [4.78, 5) is 28.5. The van der Waals surface area contributed by atoms with E-state index in [2.05, 4.69) is 25.8 Å². The molecule has 7 heteroatoms. The first kappa shape index (κ1) is 17.3. The van der Waals surface area contributed by atoms with E-state index in [9.17, 15) is 9.59 Å². The van der Waals surface area contributed by atoms with Gasteiger partial charge in [-0.3, -0.25) is 14.7 Å². The smallest absolute Gasteiger partial charge is 0.255 e. The van der Waals surface area contributed by atoms with Crippen molar-refractivity contribution in [1.82, 2.24) is 15.2 Å². The van der Waals surface area contributed by atoms with Gasteiger partial charge in [0.1, 0.15) is 5.82 Å². The second kappa shape index (κ2) is 7.60. The molecule has 2 aromatic carbocycles. The summed E-state index contributed by atoms with van der Waals surface area (Å²) in [6, 6.07) is 14.1. The molecule has 3 rings (SSSR count). The van der Waals surface area contributed by atoms with Crippen LogP contribution in [0.3, 0.4) is 0 Å². The number of carbonyl (C=O) groups excluding carboxylic acids is 2. The maximum Gasteiger partial charge on any atom is 0.255 e. The van der Waals surface area contributed by atoms with Gasteiger partial charge in [-0.1, -0.05) is 25.1 Å². The summed E-state index contributed by atoms with van der Waals surface area (Å²) < 4.78 is 0. The summed E-state index contributed by atoms with van der Waals surface area (Å²) >= 11 is 0. The number of hydrogen-bond acceptors (Lipinski definition) is 4. The lowest BCUT2D eigenvalue weighted by Gasteiger charge is -2.10. The highest BCUT2D eigenvalue weighted by Crippen LogP contribution is 2.25. The van der Waals surface area contributed by atoms with Crippen LogP contribution in [0, 0.1) is 6.92 Å². The highest BCUT2D eigenvalue weighted by Gasteiger charge is 2.13. The predicted molar refractivity (Wildman–Crippen MR) is 99.9 cm³/mol. The van der Waals surface area contributed by atoms with Crippen molar-refractivity contribution in [2.45, 2.75) is 20.3 Å².